The first-order chi connectivity index (χ1) is 6.52. The first-order valence-electron chi connectivity index (χ1n) is 5.79. The molecule has 1 atom stereocenters. The highest BCUT2D eigenvalue weighted by molar-refractivity contribution is 5.82. The molecule has 2 nitrogen and oxygen atoms in total. The van der Waals surface area contributed by atoms with Crippen LogP contribution < -0.4 is 0 Å². The van der Waals surface area contributed by atoms with Crippen LogP contribution in [0.3, 0.4) is 0 Å². The third kappa shape index (κ3) is 2.81. The van der Waals surface area contributed by atoms with Crippen molar-refractivity contribution in [1.29, 1.82) is 0 Å². The molecule has 82 valence electrons. The second kappa shape index (κ2) is 4.92. The van der Waals surface area contributed by atoms with E-state index in [1.165, 1.54) is 12.8 Å². The van der Waals surface area contributed by atoms with Gasteiger partial charge in [-0.1, -0.05) is 27.7 Å². The topological polar surface area (TPSA) is 20.3 Å². The molecule has 0 amide bonds. The first-order valence-corrected chi connectivity index (χ1v) is 5.79. The zero-order valence-corrected chi connectivity index (χ0v) is 9.92. The van der Waals surface area contributed by atoms with Crippen LogP contribution in [0.2, 0.25) is 0 Å². The Morgan fingerprint density at radius 2 is 2.00 bits per heavy atom. The molecule has 2 heteroatoms. The van der Waals surface area contributed by atoms with Crippen molar-refractivity contribution in [3.05, 3.63) is 0 Å². The molecule has 0 bridgehead atoms. The number of hydrogen-bond acceptors (Lipinski definition) is 2. The summed E-state index contributed by atoms with van der Waals surface area (Å²) in [6.45, 7) is 10.3. The third-order valence-electron chi connectivity index (χ3n) is 3.19. The Balaban J connectivity index is 2.47. The van der Waals surface area contributed by atoms with Gasteiger partial charge in [-0.2, -0.15) is 0 Å². The molecule has 1 unspecified atom stereocenters. The van der Waals surface area contributed by atoms with Crippen molar-refractivity contribution in [2.75, 3.05) is 13.1 Å². The zero-order chi connectivity index (χ0) is 10.7. The molecule has 0 saturated carbocycles. The Hall–Kier alpha value is -0.370. The number of ketones is 1. The SMILES string of the molecule is CC(C)C(=O)CN1CCCC1C(C)C. The molecule has 14 heavy (non-hydrogen) atoms. The minimum atomic E-state index is 0.184. The molecular weight excluding hydrogens is 174 g/mol. The van der Waals surface area contributed by atoms with Crippen LogP contribution in [0.25, 0.3) is 0 Å². The van der Waals surface area contributed by atoms with Gasteiger partial charge in [0.25, 0.3) is 0 Å². The van der Waals surface area contributed by atoms with Crippen LogP contribution in [-0.4, -0.2) is 29.8 Å². The van der Waals surface area contributed by atoms with Gasteiger partial charge in [-0.3, -0.25) is 9.69 Å². The Labute approximate surface area is 87.7 Å². The van der Waals surface area contributed by atoms with Crippen molar-refractivity contribution < 1.29 is 4.79 Å². The average Bonchev–Trinajstić information content (AvgIpc) is 2.52. The number of likely N-dealkylation sites (tertiary alicyclic amines) is 1. The van der Waals surface area contributed by atoms with Crippen LogP contribution in [0, 0.1) is 11.8 Å². The van der Waals surface area contributed by atoms with Gasteiger partial charge in [-0.15, -0.1) is 0 Å². The number of rotatable bonds is 4. The maximum Gasteiger partial charge on any atom is 0.149 e. The van der Waals surface area contributed by atoms with E-state index in [9.17, 15) is 4.79 Å². The van der Waals surface area contributed by atoms with E-state index in [2.05, 4.69) is 18.7 Å². The van der Waals surface area contributed by atoms with E-state index in [1.807, 2.05) is 13.8 Å². The lowest BCUT2D eigenvalue weighted by Crippen LogP contribution is -2.38. The van der Waals surface area contributed by atoms with E-state index in [4.69, 9.17) is 0 Å². The molecule has 0 aromatic rings. The second-order valence-corrected chi connectivity index (χ2v) is 5.05. The van der Waals surface area contributed by atoms with Crippen LogP contribution in [0.5, 0.6) is 0 Å². The molecular formula is C12H23NO. The van der Waals surface area contributed by atoms with Crippen molar-refractivity contribution in [2.24, 2.45) is 11.8 Å². The third-order valence-corrected chi connectivity index (χ3v) is 3.19. The van der Waals surface area contributed by atoms with E-state index in [0.717, 1.165) is 6.54 Å². The summed E-state index contributed by atoms with van der Waals surface area (Å²) in [7, 11) is 0. The lowest BCUT2D eigenvalue weighted by atomic mass is 10.0. The molecule has 0 aromatic carbocycles. The molecule has 1 saturated heterocycles. The van der Waals surface area contributed by atoms with E-state index < -0.39 is 0 Å². The molecule has 1 aliphatic heterocycles. The van der Waals surface area contributed by atoms with E-state index in [1.54, 1.807) is 0 Å². The van der Waals surface area contributed by atoms with Gasteiger partial charge >= 0.3 is 0 Å². The Morgan fingerprint density at radius 1 is 1.36 bits per heavy atom. The maximum atomic E-state index is 11.6. The van der Waals surface area contributed by atoms with Crippen molar-refractivity contribution in [2.45, 2.75) is 46.6 Å². The fourth-order valence-electron chi connectivity index (χ4n) is 2.19. The average molecular weight is 197 g/mol. The number of carbonyl (C=O) groups excluding carboxylic acids is 1. The van der Waals surface area contributed by atoms with E-state index >= 15 is 0 Å². The summed E-state index contributed by atoms with van der Waals surface area (Å²) in [4.78, 5) is 14.0. The molecule has 0 N–H and O–H groups in total. The number of hydrogen-bond donors (Lipinski definition) is 0. The van der Waals surface area contributed by atoms with Gasteiger partial charge in [0.2, 0.25) is 0 Å². The minimum Gasteiger partial charge on any atom is -0.298 e. The molecule has 0 spiro atoms. The summed E-state index contributed by atoms with van der Waals surface area (Å²) >= 11 is 0. The van der Waals surface area contributed by atoms with Crippen LogP contribution >= 0.6 is 0 Å². The number of nitrogens with zero attached hydrogens (tertiary/aromatic N) is 1. The lowest BCUT2D eigenvalue weighted by molar-refractivity contribution is -0.123. The predicted octanol–water partition coefficient (Wildman–Crippen LogP) is 2.33. The molecule has 1 fully saturated rings. The van der Waals surface area contributed by atoms with Gasteiger partial charge in [0, 0.05) is 12.0 Å². The highest BCUT2D eigenvalue weighted by atomic mass is 16.1. The van der Waals surface area contributed by atoms with Gasteiger partial charge in [-0.05, 0) is 25.3 Å². The Bertz CT molecular complexity index is 198. The standard InChI is InChI=1S/C12H23NO/c1-9(2)11-6-5-7-13(11)8-12(14)10(3)4/h9-11H,5-8H2,1-4H3. The summed E-state index contributed by atoms with van der Waals surface area (Å²) in [5.74, 6) is 1.25. The quantitative estimate of drug-likeness (QED) is 0.689. The molecule has 0 radical (unpaired) electrons. The first kappa shape index (κ1) is 11.7. The van der Waals surface area contributed by atoms with Crippen molar-refractivity contribution in [3.63, 3.8) is 0 Å². The van der Waals surface area contributed by atoms with Crippen molar-refractivity contribution in [3.8, 4) is 0 Å². The maximum absolute atomic E-state index is 11.6. The number of carbonyl (C=O) groups is 1. The summed E-state index contributed by atoms with van der Waals surface area (Å²) < 4.78 is 0. The van der Waals surface area contributed by atoms with Gasteiger partial charge < -0.3 is 0 Å². The predicted molar refractivity (Wildman–Crippen MR) is 59.3 cm³/mol. The zero-order valence-electron chi connectivity index (χ0n) is 9.92. The fourth-order valence-corrected chi connectivity index (χ4v) is 2.19. The van der Waals surface area contributed by atoms with Gasteiger partial charge in [0.05, 0.1) is 6.54 Å². The van der Waals surface area contributed by atoms with Crippen LogP contribution in [0.4, 0.5) is 0 Å². The Morgan fingerprint density at radius 3 is 2.50 bits per heavy atom. The highest BCUT2D eigenvalue weighted by Gasteiger charge is 2.28. The fraction of sp³-hybridized carbons (Fsp3) is 0.917. The number of Topliss-reactive ketones (excluding diaryl/α,β-unsaturated/α-hetero) is 1. The van der Waals surface area contributed by atoms with Crippen LogP contribution in [0.15, 0.2) is 0 Å². The van der Waals surface area contributed by atoms with Gasteiger partial charge in [0.1, 0.15) is 5.78 Å². The normalized spacial score (nSPS) is 23.7. The van der Waals surface area contributed by atoms with Gasteiger partial charge in [0.15, 0.2) is 0 Å². The molecule has 0 aliphatic carbocycles. The van der Waals surface area contributed by atoms with Gasteiger partial charge in [-0.25, -0.2) is 0 Å². The molecule has 1 aliphatic rings. The summed E-state index contributed by atoms with van der Waals surface area (Å²) in [5, 5.41) is 0. The molecule has 0 aromatic heterocycles. The lowest BCUT2D eigenvalue weighted by Gasteiger charge is -2.27. The van der Waals surface area contributed by atoms with E-state index in [-0.39, 0.29) is 5.92 Å². The minimum absolute atomic E-state index is 0.184. The molecule has 1 rings (SSSR count). The summed E-state index contributed by atoms with van der Waals surface area (Å²) in [6, 6.07) is 0.637. The van der Waals surface area contributed by atoms with Crippen molar-refractivity contribution >= 4 is 5.78 Å². The van der Waals surface area contributed by atoms with Crippen molar-refractivity contribution in [1.82, 2.24) is 4.90 Å². The summed E-state index contributed by atoms with van der Waals surface area (Å²) in [5.41, 5.74) is 0. The largest absolute Gasteiger partial charge is 0.298 e. The van der Waals surface area contributed by atoms with Crippen LogP contribution in [-0.2, 0) is 4.79 Å². The second-order valence-electron chi connectivity index (χ2n) is 5.05. The Kier molecular flexibility index (Phi) is 4.11. The highest BCUT2D eigenvalue weighted by Crippen LogP contribution is 2.23. The smallest absolute Gasteiger partial charge is 0.149 e. The molecule has 1 heterocycles. The van der Waals surface area contributed by atoms with E-state index in [0.29, 0.717) is 24.3 Å². The van der Waals surface area contributed by atoms with Crippen LogP contribution in [0.1, 0.15) is 40.5 Å². The summed E-state index contributed by atoms with van der Waals surface area (Å²) in [6.07, 6.45) is 2.53. The monoisotopic (exact) mass is 197 g/mol.